The van der Waals surface area contributed by atoms with E-state index in [1.165, 1.54) is 31.0 Å². The molecule has 5 nitrogen and oxygen atoms in total. The number of halogens is 3. The molecule has 1 amide bonds. The van der Waals surface area contributed by atoms with Crippen LogP contribution in [0.5, 0.6) is 5.75 Å². The number of aliphatic hydroxyl groups is 1. The highest BCUT2D eigenvalue weighted by atomic mass is 19.4. The molecule has 0 unspecified atom stereocenters. The summed E-state index contributed by atoms with van der Waals surface area (Å²) < 4.78 is 54.1. The molecule has 0 bridgehead atoms. The number of amides is 1. The quantitative estimate of drug-likeness (QED) is 0.372. The van der Waals surface area contributed by atoms with Crippen LogP contribution in [0.15, 0.2) is 30.3 Å². The predicted molar refractivity (Wildman–Crippen MR) is 139 cm³/mol. The van der Waals surface area contributed by atoms with Gasteiger partial charge in [-0.3, -0.25) is 0 Å². The zero-order valence-corrected chi connectivity index (χ0v) is 22.5. The second kappa shape index (κ2) is 11.5. The maximum absolute atomic E-state index is 14.3. The van der Waals surface area contributed by atoms with E-state index < -0.39 is 35.6 Å². The highest BCUT2D eigenvalue weighted by Crippen LogP contribution is 2.43. The van der Waals surface area contributed by atoms with Crippen molar-refractivity contribution in [2.24, 2.45) is 5.92 Å². The standard InChI is InChI=1S/C29H40F3NO4/c1-6-7-8-19-9-13-22(14-10-19)36-24-16-11-20-17-21(12-15-23(20)25(24)29(30,31)32)28(5,18-34)33-26(35)37-27(2,3)4/h11-12,15-17,19,22,34H,6-10,13-14,18H2,1-5H3,(H,33,35)/t19?,22?,28-/m0/s1. The molecule has 8 heteroatoms. The summed E-state index contributed by atoms with van der Waals surface area (Å²) in [5.74, 6) is 0.480. The minimum absolute atomic E-state index is 0.0166. The number of carbonyl (C=O) groups is 1. The lowest BCUT2D eigenvalue weighted by molar-refractivity contribution is -0.138. The van der Waals surface area contributed by atoms with E-state index in [-0.39, 0.29) is 17.2 Å². The Labute approximate surface area is 217 Å². The van der Waals surface area contributed by atoms with Crippen molar-refractivity contribution in [2.75, 3.05) is 6.61 Å². The Balaban J connectivity index is 1.88. The number of alkyl halides is 3. The van der Waals surface area contributed by atoms with E-state index in [4.69, 9.17) is 9.47 Å². The van der Waals surface area contributed by atoms with E-state index in [1.54, 1.807) is 39.8 Å². The van der Waals surface area contributed by atoms with E-state index in [0.717, 1.165) is 32.1 Å². The van der Waals surface area contributed by atoms with Crippen LogP contribution in [0, 0.1) is 5.92 Å². The fourth-order valence-electron chi connectivity index (χ4n) is 4.99. The molecule has 1 saturated carbocycles. The highest BCUT2D eigenvalue weighted by molar-refractivity contribution is 5.89. The third kappa shape index (κ3) is 7.53. The first-order chi connectivity index (χ1) is 17.3. The first kappa shape index (κ1) is 29.1. The first-order valence-corrected chi connectivity index (χ1v) is 13.2. The van der Waals surface area contributed by atoms with E-state index in [2.05, 4.69) is 12.2 Å². The van der Waals surface area contributed by atoms with Crippen LogP contribution >= 0.6 is 0 Å². The Kier molecular flexibility index (Phi) is 9.04. The molecule has 2 N–H and O–H groups in total. The summed E-state index contributed by atoms with van der Waals surface area (Å²) >= 11 is 0. The largest absolute Gasteiger partial charge is 0.490 e. The minimum atomic E-state index is -4.61. The predicted octanol–water partition coefficient (Wildman–Crippen LogP) is 7.72. The lowest BCUT2D eigenvalue weighted by Gasteiger charge is -2.31. The van der Waals surface area contributed by atoms with Crippen molar-refractivity contribution in [1.29, 1.82) is 0 Å². The molecular formula is C29H40F3NO4. The average molecular weight is 524 g/mol. The summed E-state index contributed by atoms with van der Waals surface area (Å²) in [5, 5.41) is 13.1. The molecule has 0 saturated heterocycles. The van der Waals surface area contributed by atoms with Gasteiger partial charge in [-0.2, -0.15) is 13.2 Å². The SMILES string of the molecule is CCCCC1CCC(Oc2ccc3cc([C@](C)(CO)NC(=O)OC(C)(C)C)ccc3c2C(F)(F)F)CC1. The van der Waals surface area contributed by atoms with Crippen LogP contribution in [0.25, 0.3) is 10.8 Å². The number of hydrogen-bond donors (Lipinski definition) is 2. The van der Waals surface area contributed by atoms with Crippen molar-refractivity contribution in [1.82, 2.24) is 5.32 Å². The summed E-state index contributed by atoms with van der Waals surface area (Å²) in [6.45, 7) is 8.45. The third-order valence-electron chi connectivity index (χ3n) is 7.05. The summed E-state index contributed by atoms with van der Waals surface area (Å²) in [6, 6.07) is 7.42. The van der Waals surface area contributed by atoms with Gasteiger partial charge in [0.2, 0.25) is 0 Å². The van der Waals surface area contributed by atoms with Gasteiger partial charge in [0.1, 0.15) is 16.9 Å². The number of fused-ring (bicyclic) bond motifs is 1. The highest BCUT2D eigenvalue weighted by Gasteiger charge is 2.38. The van der Waals surface area contributed by atoms with Gasteiger partial charge < -0.3 is 19.9 Å². The molecule has 37 heavy (non-hydrogen) atoms. The van der Waals surface area contributed by atoms with Crippen molar-refractivity contribution in [2.45, 2.75) is 103 Å². The molecule has 1 aliphatic rings. The fourth-order valence-corrected chi connectivity index (χ4v) is 4.99. The number of benzene rings is 2. The second-order valence-corrected chi connectivity index (χ2v) is 11.4. The monoisotopic (exact) mass is 523 g/mol. The van der Waals surface area contributed by atoms with Gasteiger partial charge in [0.15, 0.2) is 0 Å². The van der Waals surface area contributed by atoms with Crippen LogP contribution < -0.4 is 10.1 Å². The van der Waals surface area contributed by atoms with Crippen molar-refractivity contribution in [3.8, 4) is 5.75 Å². The topological polar surface area (TPSA) is 67.8 Å². The fraction of sp³-hybridized carbons (Fsp3) is 0.621. The van der Waals surface area contributed by atoms with Gasteiger partial charge in [-0.15, -0.1) is 0 Å². The number of aliphatic hydroxyl groups excluding tert-OH is 1. The molecule has 1 fully saturated rings. The average Bonchev–Trinajstić information content (AvgIpc) is 2.81. The van der Waals surface area contributed by atoms with Gasteiger partial charge >= 0.3 is 12.3 Å². The molecule has 206 valence electrons. The zero-order valence-electron chi connectivity index (χ0n) is 22.5. The van der Waals surface area contributed by atoms with Crippen LogP contribution in [-0.4, -0.2) is 29.5 Å². The van der Waals surface area contributed by atoms with Crippen LogP contribution in [0.3, 0.4) is 0 Å². The van der Waals surface area contributed by atoms with Gasteiger partial charge in [0, 0.05) is 0 Å². The van der Waals surface area contributed by atoms with Crippen molar-refractivity contribution >= 4 is 16.9 Å². The van der Waals surface area contributed by atoms with E-state index in [9.17, 15) is 23.1 Å². The summed E-state index contributed by atoms with van der Waals surface area (Å²) in [7, 11) is 0. The molecule has 3 rings (SSSR count). The molecular weight excluding hydrogens is 483 g/mol. The lowest BCUT2D eigenvalue weighted by Crippen LogP contribution is -2.48. The zero-order chi connectivity index (χ0) is 27.4. The van der Waals surface area contributed by atoms with Crippen molar-refractivity contribution in [3.05, 3.63) is 41.5 Å². The number of carbonyl (C=O) groups excluding carboxylic acids is 1. The van der Waals surface area contributed by atoms with Gasteiger partial charge in [-0.25, -0.2) is 4.79 Å². The molecule has 1 aliphatic carbocycles. The minimum Gasteiger partial charge on any atom is -0.490 e. The van der Waals surface area contributed by atoms with Crippen LogP contribution in [0.4, 0.5) is 18.0 Å². The van der Waals surface area contributed by atoms with Crippen molar-refractivity contribution in [3.63, 3.8) is 0 Å². The Morgan fingerprint density at radius 2 is 1.73 bits per heavy atom. The van der Waals surface area contributed by atoms with Gasteiger partial charge in [-0.1, -0.05) is 44.4 Å². The Morgan fingerprint density at radius 3 is 2.30 bits per heavy atom. The number of ether oxygens (including phenoxy) is 2. The van der Waals surface area contributed by atoms with Crippen LogP contribution in [0.2, 0.25) is 0 Å². The number of hydrogen-bond acceptors (Lipinski definition) is 4. The number of nitrogens with one attached hydrogen (secondary N) is 1. The molecule has 0 spiro atoms. The smallest absolute Gasteiger partial charge is 0.420 e. The van der Waals surface area contributed by atoms with E-state index >= 15 is 0 Å². The van der Waals surface area contributed by atoms with Crippen LogP contribution in [-0.2, 0) is 16.5 Å². The number of alkyl carbamates (subject to hydrolysis) is 1. The summed E-state index contributed by atoms with van der Waals surface area (Å²) in [4.78, 5) is 12.4. The van der Waals surface area contributed by atoms with Crippen LogP contribution in [0.1, 0.15) is 90.7 Å². The Hall–Kier alpha value is -2.48. The normalized spacial score (nSPS) is 20.4. The molecule has 0 radical (unpaired) electrons. The molecule has 0 heterocycles. The molecule has 1 atom stereocenters. The molecule has 0 aromatic heterocycles. The molecule has 2 aromatic carbocycles. The second-order valence-electron chi connectivity index (χ2n) is 11.4. The maximum Gasteiger partial charge on any atom is 0.420 e. The molecule has 0 aliphatic heterocycles. The maximum atomic E-state index is 14.3. The first-order valence-electron chi connectivity index (χ1n) is 13.2. The lowest BCUT2D eigenvalue weighted by atomic mass is 9.84. The number of unbranched alkanes of at least 4 members (excludes halogenated alkanes) is 1. The van der Waals surface area contributed by atoms with Gasteiger partial charge in [0.25, 0.3) is 0 Å². The van der Waals surface area contributed by atoms with Gasteiger partial charge in [-0.05, 0) is 87.8 Å². The van der Waals surface area contributed by atoms with Crippen molar-refractivity contribution < 1.29 is 32.5 Å². The number of rotatable bonds is 8. The van der Waals surface area contributed by atoms with Gasteiger partial charge in [0.05, 0.1) is 18.2 Å². The Bertz CT molecular complexity index is 1070. The summed E-state index contributed by atoms with van der Waals surface area (Å²) in [6.07, 6.45) is 1.42. The van der Waals surface area contributed by atoms with E-state index in [1.807, 2.05) is 0 Å². The van der Waals surface area contributed by atoms with E-state index in [0.29, 0.717) is 16.9 Å². The Morgan fingerprint density at radius 1 is 1.05 bits per heavy atom. The molecule has 2 aromatic rings. The third-order valence-corrected chi connectivity index (χ3v) is 7.05. The summed E-state index contributed by atoms with van der Waals surface area (Å²) in [5.41, 5.74) is -2.33.